The highest BCUT2D eigenvalue weighted by atomic mass is 16.6. The van der Waals surface area contributed by atoms with E-state index in [9.17, 15) is 0 Å². The fourth-order valence-electron chi connectivity index (χ4n) is 13.1. The van der Waals surface area contributed by atoms with Gasteiger partial charge in [-0.25, -0.2) is 0 Å². The summed E-state index contributed by atoms with van der Waals surface area (Å²) in [4.78, 5) is 7.40. The third-order valence-electron chi connectivity index (χ3n) is 16.9. The lowest BCUT2D eigenvalue weighted by Crippen LogP contribution is -2.61. The Morgan fingerprint density at radius 2 is 1.16 bits per heavy atom. The monoisotopic (exact) mass is 1020 g/mol. The van der Waals surface area contributed by atoms with E-state index in [4.69, 9.17) is 13.9 Å². The second kappa shape index (κ2) is 17.7. The summed E-state index contributed by atoms with van der Waals surface area (Å²) >= 11 is 0. The summed E-state index contributed by atoms with van der Waals surface area (Å²) in [6.07, 6.45) is 0. The molecule has 0 radical (unpaired) electrons. The van der Waals surface area contributed by atoms with Crippen molar-refractivity contribution in [1.29, 1.82) is 0 Å². The third-order valence-corrected chi connectivity index (χ3v) is 16.9. The lowest BCUT2D eigenvalue weighted by Gasteiger charge is -2.45. The third kappa shape index (κ3) is 7.54. The van der Waals surface area contributed by atoms with Gasteiger partial charge in [-0.2, -0.15) is 0 Å². The number of rotatable bonds is 7. The molecule has 0 atom stereocenters. The smallest absolute Gasteiger partial charge is 0.252 e. The molecule has 0 unspecified atom stereocenters. The van der Waals surface area contributed by atoms with Gasteiger partial charge in [-0.15, -0.1) is 0 Å². The number of hydrogen-bond donors (Lipinski definition) is 0. The first-order chi connectivity index (χ1) is 38.4. The Kier molecular flexibility index (Phi) is 10.5. The zero-order valence-corrected chi connectivity index (χ0v) is 45.3. The van der Waals surface area contributed by atoms with Crippen molar-refractivity contribution in [3.05, 3.63) is 241 Å². The van der Waals surface area contributed by atoms with Crippen LogP contribution >= 0.6 is 0 Å². The minimum Gasteiger partial charge on any atom is -0.486 e. The zero-order chi connectivity index (χ0) is 53.3. The van der Waals surface area contributed by atoms with Crippen LogP contribution in [0.2, 0.25) is 0 Å². The fraction of sp³-hybridized carbons (Fsp3) is 0.139. The second-order valence-electron chi connectivity index (χ2n) is 23.3. The minimum atomic E-state index is -0.172. The lowest BCUT2D eigenvalue weighted by molar-refractivity contribution is 0.171. The van der Waals surface area contributed by atoms with E-state index in [0.29, 0.717) is 13.2 Å². The first kappa shape index (κ1) is 47.1. The van der Waals surface area contributed by atoms with E-state index >= 15 is 0 Å². The van der Waals surface area contributed by atoms with Crippen molar-refractivity contribution >= 4 is 85.3 Å². The molecule has 4 aliphatic rings. The SMILES string of the molecule is Cc1cc2c3c(c1)N(c1cc(-c4ccc5c(c4)C(C)(C)c4ccccc4-5)cc(-c4cc5ccccc5o4)c1)c1cc(N(c4ccccc4)c4ccccc4)ccc1B3c1cc(C(C)(C)C)ccc1N2c1ccc2c(c1)OCCO2. The van der Waals surface area contributed by atoms with Gasteiger partial charge in [-0.3, -0.25) is 0 Å². The van der Waals surface area contributed by atoms with E-state index in [1.54, 1.807) is 0 Å². The number of fused-ring (bicyclic) bond motifs is 9. The molecule has 0 spiro atoms. The minimum absolute atomic E-state index is 0.102. The van der Waals surface area contributed by atoms with Gasteiger partial charge >= 0.3 is 0 Å². The molecule has 15 rings (SSSR count). The summed E-state index contributed by atoms with van der Waals surface area (Å²) in [6, 6.07) is 80.6. The molecule has 3 aliphatic heterocycles. The number of benzene rings is 10. The molecule has 1 aromatic heterocycles. The Balaban J connectivity index is 1.02. The summed E-state index contributed by atoms with van der Waals surface area (Å²) in [5.74, 6) is 2.35. The number of anilines is 9. The largest absolute Gasteiger partial charge is 0.486 e. The first-order valence-electron chi connectivity index (χ1n) is 27.7. The van der Waals surface area contributed by atoms with Crippen LogP contribution in [0.4, 0.5) is 51.2 Å². The summed E-state index contributed by atoms with van der Waals surface area (Å²) in [5, 5.41) is 1.07. The van der Waals surface area contributed by atoms with E-state index in [-0.39, 0.29) is 17.5 Å². The quantitative estimate of drug-likeness (QED) is 0.148. The topological polar surface area (TPSA) is 41.3 Å². The van der Waals surface area contributed by atoms with Gasteiger partial charge in [0.2, 0.25) is 0 Å². The molecule has 0 N–H and O–H groups in total. The van der Waals surface area contributed by atoms with Crippen LogP contribution in [-0.2, 0) is 10.8 Å². The molecule has 7 heteroatoms. The van der Waals surface area contributed by atoms with E-state index < -0.39 is 0 Å². The van der Waals surface area contributed by atoms with Crippen molar-refractivity contribution in [1.82, 2.24) is 0 Å². The maximum absolute atomic E-state index is 6.84. The number of hydrogen-bond acceptors (Lipinski definition) is 6. The molecule has 0 saturated carbocycles. The van der Waals surface area contributed by atoms with Crippen molar-refractivity contribution in [2.24, 2.45) is 0 Å². The predicted octanol–water partition coefficient (Wildman–Crippen LogP) is 17.0. The predicted molar refractivity (Wildman–Crippen MR) is 328 cm³/mol. The number of furan rings is 1. The van der Waals surface area contributed by atoms with Gasteiger partial charge in [0.1, 0.15) is 24.6 Å². The van der Waals surface area contributed by atoms with Crippen LogP contribution < -0.4 is 40.6 Å². The molecular weight excluding hydrogens is 966 g/mol. The van der Waals surface area contributed by atoms with Crippen LogP contribution in [0.25, 0.3) is 44.5 Å². The van der Waals surface area contributed by atoms with E-state index in [0.717, 1.165) is 102 Å². The van der Waals surface area contributed by atoms with Crippen LogP contribution in [0.5, 0.6) is 11.5 Å². The summed E-state index contributed by atoms with van der Waals surface area (Å²) in [6.45, 7) is 14.8. The average molecular weight is 1020 g/mol. The number of aryl methyl sites for hydroxylation is 1. The first-order valence-corrected chi connectivity index (χ1v) is 27.7. The molecule has 0 fully saturated rings. The summed E-state index contributed by atoms with van der Waals surface area (Å²) < 4.78 is 19.3. The molecule has 79 heavy (non-hydrogen) atoms. The molecule has 4 heterocycles. The molecule has 1 aliphatic carbocycles. The van der Waals surface area contributed by atoms with Crippen molar-refractivity contribution in [2.75, 3.05) is 27.9 Å². The van der Waals surface area contributed by atoms with Crippen LogP contribution in [0.3, 0.4) is 0 Å². The Morgan fingerprint density at radius 1 is 0.481 bits per heavy atom. The highest BCUT2D eigenvalue weighted by Crippen LogP contribution is 2.52. The standard InChI is InChI=1S/C72H58BN3O3/c1-45-35-64-70-65(36-45)76(55-38-48(37-49(39-55)68-41-47-17-13-16-24-66(47)79-68)46-25-29-57-56-22-14-15-23-58(56)72(5,6)59(57)40-46)63-43-53(74(51-18-9-7-10-19-51)52-20-11-8-12-21-52)27-30-60(63)73(70)61-42-50(71(2,3)4)26-31-62(61)75(64)54-28-32-67-69(44-54)78-34-33-77-67/h7-32,35-44H,33-34H2,1-6H3. The molecule has 6 nitrogen and oxygen atoms in total. The van der Waals surface area contributed by atoms with Gasteiger partial charge in [-0.1, -0.05) is 144 Å². The Bertz CT molecular complexity index is 4200. The summed E-state index contributed by atoms with van der Waals surface area (Å²) in [5.41, 5.74) is 25.1. The summed E-state index contributed by atoms with van der Waals surface area (Å²) in [7, 11) is 0. The fourth-order valence-corrected chi connectivity index (χ4v) is 13.1. The molecule has 0 amide bonds. The highest BCUT2D eigenvalue weighted by molar-refractivity contribution is 7.00. The average Bonchev–Trinajstić information content (AvgIpc) is 4.16. The Morgan fingerprint density at radius 3 is 1.92 bits per heavy atom. The lowest BCUT2D eigenvalue weighted by atomic mass is 9.33. The van der Waals surface area contributed by atoms with Gasteiger partial charge in [-0.05, 0) is 176 Å². The van der Waals surface area contributed by atoms with Crippen molar-refractivity contribution in [3.63, 3.8) is 0 Å². The molecule has 0 bridgehead atoms. The second-order valence-corrected chi connectivity index (χ2v) is 23.3. The van der Waals surface area contributed by atoms with Crippen molar-refractivity contribution in [3.8, 4) is 45.1 Å². The Labute approximate surface area is 462 Å². The molecular formula is C72H58BN3O3. The molecule has 382 valence electrons. The number of para-hydroxylation sites is 3. The maximum Gasteiger partial charge on any atom is 0.252 e. The normalized spacial score (nSPS) is 14.3. The van der Waals surface area contributed by atoms with Gasteiger partial charge in [0, 0.05) is 67.9 Å². The zero-order valence-electron chi connectivity index (χ0n) is 45.3. The van der Waals surface area contributed by atoms with Crippen molar-refractivity contribution < 1.29 is 13.9 Å². The molecule has 10 aromatic carbocycles. The van der Waals surface area contributed by atoms with Crippen LogP contribution in [-0.4, -0.2) is 19.9 Å². The van der Waals surface area contributed by atoms with Crippen LogP contribution in [0.15, 0.2) is 223 Å². The van der Waals surface area contributed by atoms with Gasteiger partial charge in [0.15, 0.2) is 11.5 Å². The Hall–Kier alpha value is -9.20. The van der Waals surface area contributed by atoms with Gasteiger partial charge in [0.25, 0.3) is 6.71 Å². The van der Waals surface area contributed by atoms with E-state index in [1.807, 2.05) is 6.07 Å². The van der Waals surface area contributed by atoms with Gasteiger partial charge < -0.3 is 28.6 Å². The van der Waals surface area contributed by atoms with Crippen molar-refractivity contribution in [2.45, 2.75) is 52.4 Å². The van der Waals surface area contributed by atoms with Gasteiger partial charge in [0.05, 0.1) is 5.69 Å². The highest BCUT2D eigenvalue weighted by Gasteiger charge is 2.45. The number of nitrogens with zero attached hydrogens (tertiary/aromatic N) is 3. The van der Waals surface area contributed by atoms with Crippen LogP contribution in [0, 0.1) is 6.92 Å². The number of ether oxygens (including phenoxy) is 2. The van der Waals surface area contributed by atoms with E-state index in [1.165, 1.54) is 44.2 Å². The van der Waals surface area contributed by atoms with Crippen LogP contribution in [0.1, 0.15) is 56.9 Å². The molecule has 11 aromatic rings. The van der Waals surface area contributed by atoms with E-state index in [2.05, 4.69) is 269 Å². The molecule has 0 saturated heterocycles. The maximum atomic E-state index is 6.84.